The van der Waals surface area contributed by atoms with Gasteiger partial charge in [0.05, 0.1) is 16.7 Å². The summed E-state index contributed by atoms with van der Waals surface area (Å²) >= 11 is 3.53. The van der Waals surface area contributed by atoms with Crippen molar-refractivity contribution in [1.82, 2.24) is 4.98 Å². The molecule has 3 nitrogen and oxygen atoms in total. The van der Waals surface area contributed by atoms with Gasteiger partial charge in [-0.3, -0.25) is 0 Å². The minimum atomic E-state index is 0.266. The summed E-state index contributed by atoms with van der Waals surface area (Å²) in [7, 11) is 0. The van der Waals surface area contributed by atoms with Crippen LogP contribution in [-0.4, -0.2) is 30.3 Å². The first-order valence-corrected chi connectivity index (χ1v) is 5.97. The Labute approximate surface area is 98.6 Å². The van der Waals surface area contributed by atoms with Gasteiger partial charge in [-0.25, -0.2) is 4.98 Å². The van der Waals surface area contributed by atoms with Crippen LogP contribution in [-0.2, 0) is 4.74 Å². The number of hydrogen-bond donors (Lipinski definition) is 0. The predicted octanol–water partition coefficient (Wildman–Crippen LogP) is 2.46. The van der Waals surface area contributed by atoms with E-state index in [9.17, 15) is 0 Å². The summed E-state index contributed by atoms with van der Waals surface area (Å²) < 4.78 is 6.74. The van der Waals surface area contributed by atoms with Crippen LogP contribution in [0.1, 0.15) is 13.8 Å². The van der Waals surface area contributed by atoms with Gasteiger partial charge < -0.3 is 9.64 Å². The standard InChI is InChI=1S/C11H15BrN2O/c1-8-6-14(7-9(2)15-8)11-10(12)4-3-5-13-11/h3-5,8-9H,6-7H2,1-2H3/t8-,9+. The highest BCUT2D eigenvalue weighted by Crippen LogP contribution is 2.25. The molecule has 1 aromatic rings. The molecule has 0 bridgehead atoms. The summed E-state index contributed by atoms with van der Waals surface area (Å²) in [5, 5.41) is 0. The second-order valence-electron chi connectivity index (χ2n) is 3.97. The highest BCUT2D eigenvalue weighted by molar-refractivity contribution is 9.10. The van der Waals surface area contributed by atoms with Crippen LogP contribution in [0.4, 0.5) is 5.82 Å². The van der Waals surface area contributed by atoms with Crippen LogP contribution < -0.4 is 4.90 Å². The first-order valence-electron chi connectivity index (χ1n) is 5.17. The molecule has 0 spiro atoms. The zero-order chi connectivity index (χ0) is 10.8. The van der Waals surface area contributed by atoms with Crippen LogP contribution in [0.25, 0.3) is 0 Å². The molecule has 0 aromatic carbocycles. The van der Waals surface area contributed by atoms with E-state index in [4.69, 9.17) is 4.74 Å². The molecule has 1 aliphatic rings. The number of pyridine rings is 1. The van der Waals surface area contributed by atoms with E-state index in [0.29, 0.717) is 0 Å². The van der Waals surface area contributed by atoms with Crippen molar-refractivity contribution in [2.45, 2.75) is 26.1 Å². The zero-order valence-corrected chi connectivity index (χ0v) is 10.6. The third-order valence-electron chi connectivity index (χ3n) is 2.46. The Morgan fingerprint density at radius 3 is 2.67 bits per heavy atom. The quantitative estimate of drug-likeness (QED) is 0.784. The Balaban J connectivity index is 2.20. The molecule has 0 amide bonds. The van der Waals surface area contributed by atoms with E-state index in [1.165, 1.54) is 0 Å². The fourth-order valence-electron chi connectivity index (χ4n) is 1.96. The van der Waals surface area contributed by atoms with Crippen LogP contribution in [0.2, 0.25) is 0 Å². The lowest BCUT2D eigenvalue weighted by Crippen LogP contribution is -2.46. The van der Waals surface area contributed by atoms with E-state index in [2.05, 4.69) is 39.7 Å². The Bertz CT molecular complexity index is 335. The summed E-state index contributed by atoms with van der Waals surface area (Å²) in [4.78, 5) is 6.66. The summed E-state index contributed by atoms with van der Waals surface area (Å²) in [5.41, 5.74) is 0. The molecule has 4 heteroatoms. The lowest BCUT2D eigenvalue weighted by Gasteiger charge is -2.36. The summed E-state index contributed by atoms with van der Waals surface area (Å²) in [5.74, 6) is 1.01. The van der Waals surface area contributed by atoms with Crippen LogP contribution in [0.15, 0.2) is 22.8 Å². The van der Waals surface area contributed by atoms with Crippen molar-refractivity contribution in [3.63, 3.8) is 0 Å². The smallest absolute Gasteiger partial charge is 0.143 e. The van der Waals surface area contributed by atoms with Crippen molar-refractivity contribution >= 4 is 21.7 Å². The van der Waals surface area contributed by atoms with Gasteiger partial charge in [0.2, 0.25) is 0 Å². The normalized spacial score (nSPS) is 26.7. The van der Waals surface area contributed by atoms with E-state index >= 15 is 0 Å². The van der Waals surface area contributed by atoms with Gasteiger partial charge in [0, 0.05) is 19.3 Å². The van der Waals surface area contributed by atoms with Gasteiger partial charge in [-0.1, -0.05) is 0 Å². The highest BCUT2D eigenvalue weighted by Gasteiger charge is 2.24. The average Bonchev–Trinajstić information content (AvgIpc) is 2.16. The third-order valence-corrected chi connectivity index (χ3v) is 3.08. The van der Waals surface area contributed by atoms with Crippen molar-refractivity contribution in [2.24, 2.45) is 0 Å². The number of rotatable bonds is 1. The summed E-state index contributed by atoms with van der Waals surface area (Å²) in [6.45, 7) is 6.00. The van der Waals surface area contributed by atoms with Gasteiger partial charge >= 0.3 is 0 Å². The highest BCUT2D eigenvalue weighted by atomic mass is 79.9. The van der Waals surface area contributed by atoms with E-state index in [1.54, 1.807) is 0 Å². The molecule has 1 saturated heterocycles. The fraction of sp³-hybridized carbons (Fsp3) is 0.545. The van der Waals surface area contributed by atoms with Gasteiger partial charge in [0.1, 0.15) is 5.82 Å². The molecule has 0 radical (unpaired) electrons. The molecule has 1 fully saturated rings. The van der Waals surface area contributed by atoms with Crippen molar-refractivity contribution in [3.05, 3.63) is 22.8 Å². The van der Waals surface area contributed by atoms with Crippen molar-refractivity contribution in [2.75, 3.05) is 18.0 Å². The van der Waals surface area contributed by atoms with Crippen molar-refractivity contribution in [1.29, 1.82) is 0 Å². The third kappa shape index (κ3) is 2.49. The maximum atomic E-state index is 5.69. The minimum absolute atomic E-state index is 0.266. The monoisotopic (exact) mass is 270 g/mol. The lowest BCUT2D eigenvalue weighted by atomic mass is 10.2. The Kier molecular flexibility index (Phi) is 3.26. The Hall–Kier alpha value is -0.610. The van der Waals surface area contributed by atoms with Crippen LogP contribution in [0, 0.1) is 0 Å². The van der Waals surface area contributed by atoms with Gasteiger partial charge in [-0.2, -0.15) is 0 Å². The minimum Gasteiger partial charge on any atom is -0.372 e. The Morgan fingerprint density at radius 2 is 2.07 bits per heavy atom. The topological polar surface area (TPSA) is 25.4 Å². The number of aromatic nitrogens is 1. The lowest BCUT2D eigenvalue weighted by molar-refractivity contribution is -0.00549. The van der Waals surface area contributed by atoms with E-state index in [1.807, 2.05) is 18.3 Å². The van der Waals surface area contributed by atoms with Crippen molar-refractivity contribution in [3.8, 4) is 0 Å². The molecule has 82 valence electrons. The van der Waals surface area contributed by atoms with Crippen LogP contribution in [0.5, 0.6) is 0 Å². The molecule has 15 heavy (non-hydrogen) atoms. The zero-order valence-electron chi connectivity index (χ0n) is 8.98. The van der Waals surface area contributed by atoms with E-state index < -0.39 is 0 Å². The molecular weight excluding hydrogens is 256 g/mol. The van der Waals surface area contributed by atoms with Gasteiger partial charge in [0.25, 0.3) is 0 Å². The van der Waals surface area contributed by atoms with Crippen LogP contribution >= 0.6 is 15.9 Å². The molecule has 2 rings (SSSR count). The fourth-order valence-corrected chi connectivity index (χ4v) is 2.47. The van der Waals surface area contributed by atoms with Crippen molar-refractivity contribution < 1.29 is 4.74 Å². The number of anilines is 1. The number of hydrogen-bond acceptors (Lipinski definition) is 3. The average molecular weight is 271 g/mol. The molecule has 2 atom stereocenters. The molecule has 1 aliphatic heterocycles. The Morgan fingerprint density at radius 1 is 1.40 bits per heavy atom. The maximum Gasteiger partial charge on any atom is 0.143 e. The van der Waals surface area contributed by atoms with Gasteiger partial charge in [-0.15, -0.1) is 0 Å². The van der Waals surface area contributed by atoms with Crippen LogP contribution in [0.3, 0.4) is 0 Å². The van der Waals surface area contributed by atoms with E-state index in [-0.39, 0.29) is 12.2 Å². The maximum absolute atomic E-state index is 5.69. The van der Waals surface area contributed by atoms with Gasteiger partial charge in [-0.05, 0) is 41.9 Å². The molecule has 0 unspecified atom stereocenters. The summed E-state index contributed by atoms with van der Waals surface area (Å²) in [6, 6.07) is 3.95. The second kappa shape index (κ2) is 4.49. The van der Waals surface area contributed by atoms with E-state index in [0.717, 1.165) is 23.4 Å². The summed E-state index contributed by atoms with van der Waals surface area (Å²) in [6.07, 6.45) is 2.36. The molecule has 2 heterocycles. The first-order chi connectivity index (χ1) is 7.16. The molecule has 0 saturated carbocycles. The molecule has 0 N–H and O–H groups in total. The largest absolute Gasteiger partial charge is 0.372 e. The predicted molar refractivity (Wildman–Crippen MR) is 64.2 cm³/mol. The number of nitrogens with zero attached hydrogens (tertiary/aromatic N) is 2. The number of ether oxygens (including phenoxy) is 1. The first kappa shape index (κ1) is 10.9. The van der Waals surface area contributed by atoms with Gasteiger partial charge in [0.15, 0.2) is 0 Å². The number of morpholine rings is 1. The number of halogens is 1. The molecule has 0 aliphatic carbocycles. The second-order valence-corrected chi connectivity index (χ2v) is 4.83. The molecule has 1 aromatic heterocycles. The molecular formula is C11H15BrN2O. The SMILES string of the molecule is C[C@@H]1CN(c2ncccc2Br)C[C@H](C)O1.